The molecule has 1 atom stereocenters. The van der Waals surface area contributed by atoms with E-state index in [1.54, 1.807) is 0 Å². The lowest BCUT2D eigenvalue weighted by molar-refractivity contribution is 0.0977. The van der Waals surface area contributed by atoms with E-state index in [1.807, 2.05) is 53.4 Å². The molecule has 0 saturated carbocycles. The van der Waals surface area contributed by atoms with Crippen LogP contribution in [0.25, 0.3) is 0 Å². The van der Waals surface area contributed by atoms with E-state index in [2.05, 4.69) is 6.07 Å². The van der Waals surface area contributed by atoms with Crippen LogP contribution in [-0.4, -0.2) is 23.7 Å². The molecule has 0 fully saturated rings. The van der Waals surface area contributed by atoms with Crippen molar-refractivity contribution in [1.29, 1.82) is 0 Å². The van der Waals surface area contributed by atoms with Crippen LogP contribution in [0.2, 0.25) is 0 Å². The monoisotopic (exact) mass is 281 g/mol. The van der Waals surface area contributed by atoms with Crippen LogP contribution in [0.3, 0.4) is 0 Å². The number of carbonyl (C=O) groups excluding carboxylic acids is 1. The second kappa shape index (κ2) is 6.10. The molecule has 2 aromatic rings. The summed E-state index contributed by atoms with van der Waals surface area (Å²) in [6, 6.07) is 17.6. The highest BCUT2D eigenvalue weighted by Gasteiger charge is 2.33. The summed E-state index contributed by atoms with van der Waals surface area (Å²) in [5, 5.41) is 9.08. The van der Waals surface area contributed by atoms with Crippen molar-refractivity contribution in [3.63, 3.8) is 0 Å². The van der Waals surface area contributed by atoms with Crippen LogP contribution in [0.4, 0.5) is 5.69 Å². The summed E-state index contributed by atoms with van der Waals surface area (Å²) >= 11 is 0. The van der Waals surface area contributed by atoms with Crippen LogP contribution in [0, 0.1) is 0 Å². The highest BCUT2D eigenvalue weighted by atomic mass is 16.3. The number of fused-ring (bicyclic) bond motifs is 1. The van der Waals surface area contributed by atoms with Gasteiger partial charge in [-0.1, -0.05) is 36.4 Å². The van der Waals surface area contributed by atoms with Crippen LogP contribution in [0.15, 0.2) is 54.6 Å². The molecule has 0 radical (unpaired) electrons. The number of carbonyl (C=O) groups is 1. The third-order valence-corrected chi connectivity index (χ3v) is 4.01. The first-order chi connectivity index (χ1) is 10.3. The van der Waals surface area contributed by atoms with E-state index in [0.29, 0.717) is 5.56 Å². The molecule has 3 nitrogen and oxygen atoms in total. The lowest BCUT2D eigenvalue weighted by Gasteiger charge is -2.25. The summed E-state index contributed by atoms with van der Waals surface area (Å²) in [5.74, 6) is 0.0449. The maximum atomic E-state index is 12.8. The molecule has 1 aliphatic heterocycles. The molecule has 3 heteroatoms. The minimum absolute atomic E-state index is 0.0449. The largest absolute Gasteiger partial charge is 0.396 e. The molecule has 108 valence electrons. The van der Waals surface area contributed by atoms with Gasteiger partial charge in [0.2, 0.25) is 0 Å². The Morgan fingerprint density at radius 1 is 1.10 bits per heavy atom. The Bertz CT molecular complexity index is 624. The highest BCUT2D eigenvalue weighted by molar-refractivity contribution is 6.07. The summed E-state index contributed by atoms with van der Waals surface area (Å²) in [4.78, 5) is 14.7. The summed E-state index contributed by atoms with van der Waals surface area (Å²) in [7, 11) is 0. The van der Waals surface area contributed by atoms with Crippen molar-refractivity contribution in [2.45, 2.75) is 25.3 Å². The van der Waals surface area contributed by atoms with E-state index in [4.69, 9.17) is 5.11 Å². The maximum Gasteiger partial charge on any atom is 0.258 e. The molecule has 2 aromatic carbocycles. The molecular weight excluding hydrogens is 262 g/mol. The number of anilines is 1. The van der Waals surface area contributed by atoms with E-state index in [9.17, 15) is 4.79 Å². The van der Waals surface area contributed by atoms with Gasteiger partial charge in [0.1, 0.15) is 0 Å². The Kier molecular flexibility index (Phi) is 4.02. The second-order valence-electron chi connectivity index (χ2n) is 5.39. The maximum absolute atomic E-state index is 12.8. The molecule has 0 saturated heterocycles. The van der Waals surface area contributed by atoms with E-state index < -0.39 is 0 Å². The molecule has 1 unspecified atom stereocenters. The molecule has 0 spiro atoms. The topological polar surface area (TPSA) is 40.5 Å². The van der Waals surface area contributed by atoms with Crippen molar-refractivity contribution >= 4 is 11.6 Å². The van der Waals surface area contributed by atoms with E-state index >= 15 is 0 Å². The second-order valence-corrected chi connectivity index (χ2v) is 5.39. The number of amides is 1. The summed E-state index contributed by atoms with van der Waals surface area (Å²) in [6.07, 6.45) is 2.41. The van der Waals surface area contributed by atoms with Crippen LogP contribution in [0.1, 0.15) is 28.8 Å². The number of nitrogens with zero attached hydrogens (tertiary/aromatic N) is 1. The average Bonchev–Trinajstić information content (AvgIpc) is 2.91. The first kappa shape index (κ1) is 13.8. The quantitative estimate of drug-likeness (QED) is 0.935. The predicted molar refractivity (Wildman–Crippen MR) is 83.5 cm³/mol. The predicted octanol–water partition coefficient (Wildman–Crippen LogP) is 3.03. The molecule has 21 heavy (non-hydrogen) atoms. The lowest BCUT2D eigenvalue weighted by atomic mass is 10.1. The number of rotatable bonds is 4. The zero-order valence-electron chi connectivity index (χ0n) is 11.9. The van der Waals surface area contributed by atoms with Gasteiger partial charge in [0.15, 0.2) is 0 Å². The number of aliphatic hydroxyl groups excluding tert-OH is 1. The first-order valence-electron chi connectivity index (χ1n) is 7.38. The Morgan fingerprint density at radius 2 is 1.81 bits per heavy atom. The fourth-order valence-electron chi connectivity index (χ4n) is 3.01. The molecule has 1 amide bonds. The number of hydrogen-bond donors (Lipinski definition) is 1. The zero-order valence-corrected chi connectivity index (χ0v) is 11.9. The smallest absolute Gasteiger partial charge is 0.258 e. The molecular formula is C18H19NO2. The van der Waals surface area contributed by atoms with Gasteiger partial charge in [0.25, 0.3) is 5.91 Å². The van der Waals surface area contributed by atoms with E-state index in [0.717, 1.165) is 24.9 Å². The minimum Gasteiger partial charge on any atom is -0.396 e. The van der Waals surface area contributed by atoms with Gasteiger partial charge in [-0.05, 0) is 43.0 Å². The molecule has 0 bridgehead atoms. The van der Waals surface area contributed by atoms with Gasteiger partial charge in [0, 0.05) is 23.9 Å². The van der Waals surface area contributed by atoms with Crippen molar-refractivity contribution in [2.24, 2.45) is 0 Å². The lowest BCUT2D eigenvalue weighted by Crippen LogP contribution is -2.37. The average molecular weight is 281 g/mol. The Labute approximate surface area is 124 Å². The van der Waals surface area contributed by atoms with Crippen molar-refractivity contribution in [2.75, 3.05) is 11.5 Å². The fraction of sp³-hybridized carbons (Fsp3) is 0.278. The fourth-order valence-corrected chi connectivity index (χ4v) is 3.01. The Hall–Kier alpha value is -2.13. The Morgan fingerprint density at radius 3 is 2.57 bits per heavy atom. The van der Waals surface area contributed by atoms with Gasteiger partial charge in [-0.15, -0.1) is 0 Å². The SMILES string of the molecule is O=C(c1ccccc1)N1c2ccccc2CC1CCCO. The van der Waals surface area contributed by atoms with Gasteiger partial charge in [0.05, 0.1) is 0 Å². The molecule has 1 aliphatic rings. The summed E-state index contributed by atoms with van der Waals surface area (Å²) in [6.45, 7) is 0.167. The number of para-hydroxylation sites is 1. The van der Waals surface area contributed by atoms with Crippen LogP contribution >= 0.6 is 0 Å². The van der Waals surface area contributed by atoms with Crippen molar-refractivity contribution in [3.05, 3.63) is 65.7 Å². The van der Waals surface area contributed by atoms with Crippen LogP contribution in [0.5, 0.6) is 0 Å². The van der Waals surface area contributed by atoms with Crippen molar-refractivity contribution in [1.82, 2.24) is 0 Å². The number of benzene rings is 2. The Balaban J connectivity index is 1.93. The van der Waals surface area contributed by atoms with Gasteiger partial charge < -0.3 is 10.0 Å². The van der Waals surface area contributed by atoms with Gasteiger partial charge in [-0.25, -0.2) is 0 Å². The van der Waals surface area contributed by atoms with Crippen molar-refractivity contribution in [3.8, 4) is 0 Å². The normalized spacial score (nSPS) is 16.8. The van der Waals surface area contributed by atoms with Crippen LogP contribution < -0.4 is 4.90 Å². The van der Waals surface area contributed by atoms with Gasteiger partial charge >= 0.3 is 0 Å². The van der Waals surface area contributed by atoms with Crippen LogP contribution in [-0.2, 0) is 6.42 Å². The molecule has 1 N–H and O–H groups in total. The first-order valence-corrected chi connectivity index (χ1v) is 7.38. The van der Waals surface area contributed by atoms with E-state index in [-0.39, 0.29) is 18.6 Å². The zero-order chi connectivity index (χ0) is 14.7. The minimum atomic E-state index is 0.0449. The number of hydrogen-bond acceptors (Lipinski definition) is 2. The summed E-state index contributed by atoms with van der Waals surface area (Å²) in [5.41, 5.74) is 2.93. The molecule has 3 rings (SSSR count). The third kappa shape index (κ3) is 2.69. The standard InChI is InChI=1S/C18H19NO2/c20-12-6-10-16-13-15-9-4-5-11-17(15)19(16)18(21)14-7-2-1-3-8-14/h1-5,7-9,11,16,20H,6,10,12-13H2. The third-order valence-electron chi connectivity index (χ3n) is 4.01. The number of aliphatic hydroxyl groups is 1. The molecule has 0 aromatic heterocycles. The van der Waals surface area contributed by atoms with Gasteiger partial charge in [-0.2, -0.15) is 0 Å². The molecule has 0 aliphatic carbocycles. The van der Waals surface area contributed by atoms with Crippen molar-refractivity contribution < 1.29 is 9.90 Å². The van der Waals surface area contributed by atoms with E-state index in [1.165, 1.54) is 5.56 Å². The highest BCUT2D eigenvalue weighted by Crippen LogP contribution is 2.34. The summed E-state index contributed by atoms with van der Waals surface area (Å²) < 4.78 is 0. The molecule has 1 heterocycles. The van der Waals surface area contributed by atoms with Gasteiger partial charge in [-0.3, -0.25) is 4.79 Å².